The molecular formula is C23H16ClN5O2S. The normalized spacial score (nSPS) is 11.2. The number of hydrogen-bond acceptors (Lipinski definition) is 5. The Hall–Kier alpha value is -3.62. The van der Waals surface area contributed by atoms with Crippen LogP contribution in [0.1, 0.15) is 5.56 Å². The van der Waals surface area contributed by atoms with Crippen LogP contribution in [0.5, 0.6) is 0 Å². The number of H-pyrrole nitrogens is 1. The Morgan fingerprint density at radius 3 is 2.50 bits per heavy atom. The molecule has 3 aromatic carbocycles. The average Bonchev–Trinajstić information content (AvgIpc) is 3.42. The van der Waals surface area contributed by atoms with Crippen molar-refractivity contribution in [2.75, 3.05) is 0 Å². The van der Waals surface area contributed by atoms with Crippen LogP contribution >= 0.6 is 23.4 Å². The summed E-state index contributed by atoms with van der Waals surface area (Å²) >= 11 is 7.62. The van der Waals surface area contributed by atoms with Gasteiger partial charge in [0.1, 0.15) is 0 Å². The molecule has 2 aromatic heterocycles. The summed E-state index contributed by atoms with van der Waals surface area (Å²) < 4.78 is 2.00. The molecule has 1 N–H and O–H groups in total. The van der Waals surface area contributed by atoms with Crippen LogP contribution in [0.15, 0.2) is 84.1 Å². The van der Waals surface area contributed by atoms with E-state index in [1.807, 2.05) is 59.3 Å². The highest BCUT2D eigenvalue weighted by Gasteiger charge is 2.19. The molecule has 32 heavy (non-hydrogen) atoms. The van der Waals surface area contributed by atoms with Crippen molar-refractivity contribution in [1.82, 2.24) is 19.7 Å². The number of aromatic nitrogens is 4. The first-order chi connectivity index (χ1) is 15.6. The number of halogens is 1. The summed E-state index contributed by atoms with van der Waals surface area (Å²) in [6.07, 6.45) is 1.94. The molecule has 0 aliphatic rings. The van der Waals surface area contributed by atoms with Gasteiger partial charge in [-0.2, -0.15) is 0 Å². The van der Waals surface area contributed by atoms with Crippen LogP contribution in [-0.2, 0) is 5.75 Å². The van der Waals surface area contributed by atoms with Crippen LogP contribution in [0.2, 0.25) is 5.02 Å². The van der Waals surface area contributed by atoms with Crippen LogP contribution in [-0.4, -0.2) is 24.7 Å². The molecule has 2 heterocycles. The fourth-order valence-corrected chi connectivity index (χ4v) is 4.51. The minimum Gasteiger partial charge on any atom is -0.360 e. The van der Waals surface area contributed by atoms with E-state index in [1.54, 1.807) is 12.1 Å². The standard InChI is InChI=1S/C23H16ClN5O2S/c24-16-7-11-17(12-8-16)28-22(20-13-25-21-4-2-1-3-19(20)21)26-27-23(28)32-14-15-5-9-18(10-6-15)29(30)31/h1-13,25H,14H2. The number of nitro benzene ring substituents is 1. The molecule has 0 spiro atoms. The third-order valence-corrected chi connectivity index (χ3v) is 6.32. The number of thioether (sulfide) groups is 1. The van der Waals surface area contributed by atoms with Gasteiger partial charge >= 0.3 is 0 Å². The van der Waals surface area contributed by atoms with E-state index < -0.39 is 4.92 Å². The summed E-state index contributed by atoms with van der Waals surface area (Å²) in [5, 5.41) is 22.3. The summed E-state index contributed by atoms with van der Waals surface area (Å²) in [5.74, 6) is 1.31. The van der Waals surface area contributed by atoms with Crippen LogP contribution in [0.3, 0.4) is 0 Å². The molecule has 0 amide bonds. The van der Waals surface area contributed by atoms with E-state index in [0.29, 0.717) is 15.9 Å². The van der Waals surface area contributed by atoms with E-state index in [1.165, 1.54) is 23.9 Å². The zero-order valence-electron chi connectivity index (χ0n) is 16.6. The molecule has 0 aliphatic carbocycles. The molecule has 0 atom stereocenters. The Morgan fingerprint density at radius 2 is 1.75 bits per heavy atom. The molecule has 5 rings (SSSR count). The minimum atomic E-state index is -0.401. The molecular weight excluding hydrogens is 446 g/mol. The van der Waals surface area contributed by atoms with Crippen molar-refractivity contribution in [3.63, 3.8) is 0 Å². The number of rotatable bonds is 6. The number of benzene rings is 3. The first kappa shape index (κ1) is 20.3. The molecule has 0 aliphatic heterocycles. The Morgan fingerprint density at radius 1 is 1.00 bits per heavy atom. The predicted molar refractivity (Wildman–Crippen MR) is 126 cm³/mol. The molecule has 0 radical (unpaired) electrons. The fraction of sp³-hybridized carbons (Fsp3) is 0.0435. The average molecular weight is 462 g/mol. The highest BCUT2D eigenvalue weighted by molar-refractivity contribution is 7.98. The van der Waals surface area contributed by atoms with Crippen LogP contribution < -0.4 is 0 Å². The highest BCUT2D eigenvalue weighted by Crippen LogP contribution is 2.33. The molecule has 0 fully saturated rings. The van der Waals surface area contributed by atoms with Gasteiger partial charge in [-0.15, -0.1) is 10.2 Å². The number of non-ortho nitro benzene ring substituents is 1. The zero-order chi connectivity index (χ0) is 22.1. The second-order valence-electron chi connectivity index (χ2n) is 7.08. The maximum absolute atomic E-state index is 10.9. The second kappa shape index (κ2) is 8.49. The summed E-state index contributed by atoms with van der Waals surface area (Å²) in [6, 6.07) is 22.1. The van der Waals surface area contributed by atoms with Crippen molar-refractivity contribution in [3.05, 3.63) is 99.7 Å². The minimum absolute atomic E-state index is 0.0738. The third-order valence-electron chi connectivity index (χ3n) is 5.06. The molecule has 158 valence electrons. The van der Waals surface area contributed by atoms with Crippen molar-refractivity contribution in [2.45, 2.75) is 10.9 Å². The largest absolute Gasteiger partial charge is 0.360 e. The summed E-state index contributed by atoms with van der Waals surface area (Å²) in [6.45, 7) is 0. The number of fused-ring (bicyclic) bond motifs is 1. The molecule has 7 nitrogen and oxygen atoms in total. The number of para-hydroxylation sites is 1. The monoisotopic (exact) mass is 461 g/mol. The molecule has 9 heteroatoms. The lowest BCUT2D eigenvalue weighted by molar-refractivity contribution is -0.384. The Bertz CT molecular complexity index is 1410. The first-order valence-electron chi connectivity index (χ1n) is 9.74. The van der Waals surface area contributed by atoms with Gasteiger partial charge in [-0.1, -0.05) is 53.7 Å². The lowest BCUT2D eigenvalue weighted by Crippen LogP contribution is -1.99. The topological polar surface area (TPSA) is 89.6 Å². The van der Waals surface area contributed by atoms with Gasteiger partial charge in [0.2, 0.25) is 0 Å². The summed E-state index contributed by atoms with van der Waals surface area (Å²) in [5.41, 5.74) is 3.90. The van der Waals surface area contributed by atoms with Crippen LogP contribution in [0.25, 0.3) is 28.0 Å². The molecule has 0 saturated carbocycles. The Kier molecular flexibility index (Phi) is 5.38. The SMILES string of the molecule is O=[N+]([O-])c1ccc(CSc2nnc(-c3c[nH]c4ccccc34)n2-c2ccc(Cl)cc2)cc1. The molecule has 5 aromatic rings. The third kappa shape index (κ3) is 3.86. The van der Waals surface area contributed by atoms with E-state index in [2.05, 4.69) is 15.2 Å². The van der Waals surface area contributed by atoms with Gasteiger partial charge in [0, 0.05) is 51.3 Å². The summed E-state index contributed by atoms with van der Waals surface area (Å²) in [7, 11) is 0. The van der Waals surface area contributed by atoms with Gasteiger partial charge in [-0.3, -0.25) is 14.7 Å². The quantitative estimate of drug-likeness (QED) is 0.183. The van der Waals surface area contributed by atoms with Crippen molar-refractivity contribution < 1.29 is 4.92 Å². The van der Waals surface area contributed by atoms with E-state index in [4.69, 9.17) is 11.6 Å². The Balaban J connectivity index is 1.54. The van der Waals surface area contributed by atoms with Crippen molar-refractivity contribution in [1.29, 1.82) is 0 Å². The highest BCUT2D eigenvalue weighted by atomic mass is 35.5. The van der Waals surface area contributed by atoms with E-state index in [0.717, 1.165) is 33.5 Å². The van der Waals surface area contributed by atoms with Gasteiger partial charge in [0.15, 0.2) is 11.0 Å². The number of aromatic amines is 1. The van der Waals surface area contributed by atoms with Gasteiger partial charge < -0.3 is 4.98 Å². The van der Waals surface area contributed by atoms with Crippen molar-refractivity contribution in [2.24, 2.45) is 0 Å². The number of nitrogens with zero attached hydrogens (tertiary/aromatic N) is 4. The maximum Gasteiger partial charge on any atom is 0.269 e. The van der Waals surface area contributed by atoms with E-state index in [-0.39, 0.29) is 5.69 Å². The van der Waals surface area contributed by atoms with Gasteiger partial charge in [0.05, 0.1) is 4.92 Å². The smallest absolute Gasteiger partial charge is 0.269 e. The van der Waals surface area contributed by atoms with Gasteiger partial charge in [-0.05, 0) is 35.9 Å². The van der Waals surface area contributed by atoms with Crippen molar-refractivity contribution >= 4 is 40.0 Å². The number of hydrogen-bond donors (Lipinski definition) is 1. The molecule has 0 saturated heterocycles. The molecule has 0 bridgehead atoms. The second-order valence-corrected chi connectivity index (χ2v) is 8.46. The lowest BCUT2D eigenvalue weighted by atomic mass is 10.1. The van der Waals surface area contributed by atoms with Gasteiger partial charge in [-0.25, -0.2) is 0 Å². The Labute approximate surface area is 192 Å². The number of nitrogens with one attached hydrogen (secondary N) is 1. The van der Waals surface area contributed by atoms with Gasteiger partial charge in [0.25, 0.3) is 5.69 Å². The van der Waals surface area contributed by atoms with E-state index in [9.17, 15) is 10.1 Å². The van der Waals surface area contributed by atoms with E-state index >= 15 is 0 Å². The van der Waals surface area contributed by atoms with Crippen molar-refractivity contribution in [3.8, 4) is 17.1 Å². The van der Waals surface area contributed by atoms with Crippen LogP contribution in [0.4, 0.5) is 5.69 Å². The predicted octanol–water partition coefficient (Wildman–Crippen LogP) is 6.27. The zero-order valence-corrected chi connectivity index (χ0v) is 18.2. The van der Waals surface area contributed by atoms with Crippen LogP contribution in [0, 0.1) is 10.1 Å². The number of nitro groups is 1. The fourth-order valence-electron chi connectivity index (χ4n) is 3.48. The summed E-state index contributed by atoms with van der Waals surface area (Å²) in [4.78, 5) is 13.8. The lowest BCUT2D eigenvalue weighted by Gasteiger charge is -2.10. The first-order valence-corrected chi connectivity index (χ1v) is 11.1. The maximum atomic E-state index is 10.9. The molecule has 0 unspecified atom stereocenters.